The second-order valence-electron chi connectivity index (χ2n) is 6.96. The molecule has 6 heteroatoms. The number of hydrogen-bond acceptors (Lipinski definition) is 3. The van der Waals surface area contributed by atoms with Crippen molar-refractivity contribution in [3.8, 4) is 0 Å². The molecule has 1 aromatic carbocycles. The van der Waals surface area contributed by atoms with Crippen molar-refractivity contribution in [2.24, 2.45) is 5.92 Å². The standard InChI is InChI=1S/C20H30N2O4/c1-26-14-6-5-9-18(15-7-3-2-4-8-15)22-20(25)21-17-12-10-16(11-13-17)19(23)24/h2-4,7-8,16-18H,5-6,9-14H2,1H3,(H,23,24)(H2,21,22,25). The Morgan fingerprint density at radius 2 is 1.85 bits per heavy atom. The van der Waals surface area contributed by atoms with E-state index in [4.69, 9.17) is 9.84 Å². The molecule has 0 bridgehead atoms. The van der Waals surface area contributed by atoms with E-state index in [0.29, 0.717) is 25.7 Å². The van der Waals surface area contributed by atoms with E-state index in [1.54, 1.807) is 7.11 Å². The van der Waals surface area contributed by atoms with Crippen molar-refractivity contribution in [1.82, 2.24) is 10.6 Å². The van der Waals surface area contributed by atoms with Crippen LogP contribution in [-0.2, 0) is 9.53 Å². The molecule has 26 heavy (non-hydrogen) atoms. The van der Waals surface area contributed by atoms with Crippen molar-refractivity contribution in [3.63, 3.8) is 0 Å². The van der Waals surface area contributed by atoms with Gasteiger partial charge in [-0.05, 0) is 50.5 Å². The number of carbonyl (C=O) groups is 2. The smallest absolute Gasteiger partial charge is 0.315 e. The normalized spacial score (nSPS) is 21.0. The van der Waals surface area contributed by atoms with Gasteiger partial charge >= 0.3 is 12.0 Å². The van der Waals surface area contributed by atoms with Crippen LogP contribution in [0, 0.1) is 5.92 Å². The lowest BCUT2D eigenvalue weighted by Crippen LogP contribution is -2.45. The summed E-state index contributed by atoms with van der Waals surface area (Å²) in [5.74, 6) is -0.998. The topological polar surface area (TPSA) is 87.7 Å². The van der Waals surface area contributed by atoms with Gasteiger partial charge in [0.25, 0.3) is 0 Å². The molecule has 0 spiro atoms. The number of methoxy groups -OCH3 is 1. The molecule has 0 heterocycles. The minimum atomic E-state index is -0.729. The number of unbranched alkanes of at least 4 members (excludes halogenated alkanes) is 1. The van der Waals surface area contributed by atoms with E-state index in [1.165, 1.54) is 0 Å². The third-order valence-corrected chi connectivity index (χ3v) is 5.01. The molecule has 1 unspecified atom stereocenters. The highest BCUT2D eigenvalue weighted by atomic mass is 16.5. The molecule has 1 atom stereocenters. The van der Waals surface area contributed by atoms with Crippen LogP contribution in [0.25, 0.3) is 0 Å². The van der Waals surface area contributed by atoms with Crippen LogP contribution >= 0.6 is 0 Å². The van der Waals surface area contributed by atoms with Crippen molar-refractivity contribution in [3.05, 3.63) is 35.9 Å². The van der Waals surface area contributed by atoms with Crippen LogP contribution in [0.5, 0.6) is 0 Å². The fourth-order valence-electron chi connectivity index (χ4n) is 3.47. The zero-order chi connectivity index (χ0) is 18.8. The van der Waals surface area contributed by atoms with Crippen LogP contribution in [0.4, 0.5) is 4.79 Å². The largest absolute Gasteiger partial charge is 0.481 e. The van der Waals surface area contributed by atoms with Crippen LogP contribution in [0.3, 0.4) is 0 Å². The Kier molecular flexibility index (Phi) is 8.41. The monoisotopic (exact) mass is 362 g/mol. The lowest BCUT2D eigenvalue weighted by atomic mass is 9.86. The molecule has 2 rings (SSSR count). The maximum Gasteiger partial charge on any atom is 0.315 e. The molecule has 144 valence electrons. The molecule has 2 amide bonds. The van der Waals surface area contributed by atoms with E-state index in [1.807, 2.05) is 30.3 Å². The third-order valence-electron chi connectivity index (χ3n) is 5.01. The Morgan fingerprint density at radius 3 is 2.46 bits per heavy atom. The Hall–Kier alpha value is -2.08. The number of hydrogen-bond donors (Lipinski definition) is 3. The summed E-state index contributed by atoms with van der Waals surface area (Å²) in [5.41, 5.74) is 1.09. The van der Waals surface area contributed by atoms with E-state index in [0.717, 1.165) is 31.4 Å². The number of amides is 2. The number of benzene rings is 1. The van der Waals surface area contributed by atoms with Crippen LogP contribution < -0.4 is 10.6 Å². The van der Waals surface area contributed by atoms with Crippen molar-refractivity contribution in [2.75, 3.05) is 13.7 Å². The van der Waals surface area contributed by atoms with Gasteiger partial charge in [0.05, 0.1) is 12.0 Å². The Morgan fingerprint density at radius 1 is 1.15 bits per heavy atom. The number of carbonyl (C=O) groups excluding carboxylic acids is 1. The minimum absolute atomic E-state index is 0.0385. The van der Waals surface area contributed by atoms with Crippen molar-refractivity contribution in [2.45, 2.75) is 57.0 Å². The first kappa shape index (κ1) is 20.2. The van der Waals surface area contributed by atoms with Crippen LogP contribution in [0.15, 0.2) is 30.3 Å². The fourth-order valence-corrected chi connectivity index (χ4v) is 3.47. The summed E-state index contributed by atoms with van der Waals surface area (Å²) in [6.07, 6.45) is 5.47. The summed E-state index contributed by atoms with van der Waals surface area (Å²) in [4.78, 5) is 23.5. The summed E-state index contributed by atoms with van der Waals surface area (Å²) in [5, 5.41) is 15.2. The number of carboxylic acid groups (broad SMARTS) is 1. The highest BCUT2D eigenvalue weighted by Gasteiger charge is 2.27. The maximum absolute atomic E-state index is 12.4. The Balaban J connectivity index is 1.84. The molecule has 6 nitrogen and oxygen atoms in total. The lowest BCUT2D eigenvalue weighted by Gasteiger charge is -2.28. The van der Waals surface area contributed by atoms with Gasteiger partial charge in [-0.2, -0.15) is 0 Å². The van der Waals surface area contributed by atoms with Crippen molar-refractivity contribution in [1.29, 1.82) is 0 Å². The molecular weight excluding hydrogens is 332 g/mol. The average Bonchev–Trinajstić information content (AvgIpc) is 2.65. The van der Waals surface area contributed by atoms with Crippen LogP contribution in [0.1, 0.15) is 56.6 Å². The highest BCUT2D eigenvalue weighted by Crippen LogP contribution is 2.25. The number of carboxylic acids is 1. The van der Waals surface area contributed by atoms with Gasteiger partial charge < -0.3 is 20.5 Å². The van der Waals surface area contributed by atoms with Gasteiger partial charge in [-0.3, -0.25) is 4.79 Å². The maximum atomic E-state index is 12.4. The second kappa shape index (κ2) is 10.8. The van der Waals surface area contributed by atoms with Gasteiger partial charge in [0.1, 0.15) is 0 Å². The molecule has 0 aromatic heterocycles. The second-order valence-corrected chi connectivity index (χ2v) is 6.96. The predicted molar refractivity (Wildman–Crippen MR) is 100.0 cm³/mol. The summed E-state index contributed by atoms with van der Waals surface area (Å²) >= 11 is 0. The van der Waals surface area contributed by atoms with E-state index in [9.17, 15) is 9.59 Å². The van der Waals surface area contributed by atoms with Crippen molar-refractivity contribution >= 4 is 12.0 Å². The third kappa shape index (κ3) is 6.67. The Bertz CT molecular complexity index is 556. The van der Waals surface area contributed by atoms with Gasteiger partial charge in [0.2, 0.25) is 0 Å². The van der Waals surface area contributed by atoms with Gasteiger partial charge in [-0.1, -0.05) is 30.3 Å². The van der Waals surface area contributed by atoms with Crippen LogP contribution in [0.2, 0.25) is 0 Å². The molecule has 1 aliphatic rings. The first-order valence-electron chi connectivity index (χ1n) is 9.44. The Labute approximate surface area is 155 Å². The zero-order valence-corrected chi connectivity index (χ0v) is 15.4. The van der Waals surface area contributed by atoms with E-state index in [-0.39, 0.29) is 24.0 Å². The molecular formula is C20H30N2O4. The number of aliphatic carboxylic acids is 1. The van der Waals surface area contributed by atoms with Gasteiger partial charge in [0, 0.05) is 19.8 Å². The predicted octanol–water partition coefficient (Wildman–Crippen LogP) is 3.49. The first-order valence-corrected chi connectivity index (χ1v) is 9.44. The molecule has 0 aliphatic heterocycles. The molecule has 0 radical (unpaired) electrons. The molecule has 1 aromatic rings. The summed E-state index contributed by atoms with van der Waals surface area (Å²) in [6.45, 7) is 0.723. The summed E-state index contributed by atoms with van der Waals surface area (Å²) < 4.78 is 5.09. The van der Waals surface area contributed by atoms with Gasteiger partial charge in [0.15, 0.2) is 0 Å². The van der Waals surface area contributed by atoms with Crippen molar-refractivity contribution < 1.29 is 19.4 Å². The van der Waals surface area contributed by atoms with Crippen LogP contribution in [-0.4, -0.2) is 36.9 Å². The zero-order valence-electron chi connectivity index (χ0n) is 15.4. The van der Waals surface area contributed by atoms with Gasteiger partial charge in [-0.15, -0.1) is 0 Å². The SMILES string of the molecule is COCCCCC(NC(=O)NC1CCC(C(=O)O)CC1)c1ccccc1. The molecule has 3 N–H and O–H groups in total. The molecule has 1 saturated carbocycles. The molecule has 1 fully saturated rings. The van der Waals surface area contributed by atoms with E-state index >= 15 is 0 Å². The molecule has 1 aliphatic carbocycles. The first-order chi connectivity index (χ1) is 12.6. The highest BCUT2D eigenvalue weighted by molar-refractivity contribution is 5.75. The summed E-state index contributed by atoms with van der Waals surface area (Å²) in [7, 11) is 1.69. The number of urea groups is 1. The summed E-state index contributed by atoms with van der Waals surface area (Å²) in [6, 6.07) is 9.81. The van der Waals surface area contributed by atoms with Gasteiger partial charge in [-0.25, -0.2) is 4.79 Å². The van der Waals surface area contributed by atoms with E-state index in [2.05, 4.69) is 10.6 Å². The fraction of sp³-hybridized carbons (Fsp3) is 0.600. The number of ether oxygens (including phenoxy) is 1. The molecule has 0 saturated heterocycles. The van der Waals surface area contributed by atoms with E-state index < -0.39 is 5.97 Å². The average molecular weight is 362 g/mol. The number of nitrogens with one attached hydrogen (secondary N) is 2. The quantitative estimate of drug-likeness (QED) is 0.587. The minimum Gasteiger partial charge on any atom is -0.481 e. The lowest BCUT2D eigenvalue weighted by molar-refractivity contribution is -0.142. The number of rotatable bonds is 9.